The molecule has 0 atom stereocenters. The third-order valence-corrected chi connectivity index (χ3v) is 9.54. The number of likely N-dealkylation sites (tertiary alicyclic amines) is 1. The summed E-state index contributed by atoms with van der Waals surface area (Å²) in [4.78, 5) is 39.1. The summed E-state index contributed by atoms with van der Waals surface area (Å²) in [5.74, 6) is -0.178. The maximum atomic E-state index is 13.9. The fraction of sp³-hybridized carbons (Fsp3) is 0.429. The summed E-state index contributed by atoms with van der Waals surface area (Å²) < 4.78 is 8.02. The number of aromatic nitrogens is 2. The molecular formula is C35H41ClN4O4. The third-order valence-electron chi connectivity index (χ3n) is 8.94. The van der Waals surface area contributed by atoms with Gasteiger partial charge in [-0.25, -0.2) is 0 Å². The highest BCUT2D eigenvalue weighted by molar-refractivity contribution is 6.35. The van der Waals surface area contributed by atoms with E-state index in [9.17, 15) is 14.4 Å². The second-order valence-corrected chi connectivity index (χ2v) is 12.4. The van der Waals surface area contributed by atoms with Crippen LogP contribution in [-0.2, 0) is 27.9 Å². The van der Waals surface area contributed by atoms with Gasteiger partial charge in [-0.3, -0.25) is 19.1 Å². The van der Waals surface area contributed by atoms with Crippen molar-refractivity contribution in [1.82, 2.24) is 20.0 Å². The van der Waals surface area contributed by atoms with Crippen LogP contribution in [-0.4, -0.2) is 58.0 Å². The number of hydrogen-bond donors (Lipinski definition) is 1. The van der Waals surface area contributed by atoms with Crippen LogP contribution in [0.2, 0.25) is 5.02 Å². The molecule has 1 aromatic heterocycles. The van der Waals surface area contributed by atoms with Gasteiger partial charge in [0.25, 0.3) is 5.91 Å². The van der Waals surface area contributed by atoms with E-state index in [0.29, 0.717) is 45.4 Å². The Labute approximate surface area is 264 Å². The van der Waals surface area contributed by atoms with Gasteiger partial charge in [0.2, 0.25) is 11.7 Å². The molecule has 232 valence electrons. The van der Waals surface area contributed by atoms with E-state index < -0.39 is 11.7 Å². The largest absolute Gasteiger partial charge is 0.494 e. The summed E-state index contributed by atoms with van der Waals surface area (Å²) in [6.45, 7) is 10.8. The smallest absolute Gasteiger partial charge is 0.289 e. The summed E-state index contributed by atoms with van der Waals surface area (Å²) in [7, 11) is 1.95. The van der Waals surface area contributed by atoms with Gasteiger partial charge >= 0.3 is 0 Å². The Morgan fingerprint density at radius 1 is 1.05 bits per heavy atom. The van der Waals surface area contributed by atoms with Crippen LogP contribution in [0.3, 0.4) is 0 Å². The Bertz CT molecular complexity index is 1640. The fourth-order valence-corrected chi connectivity index (χ4v) is 6.67. The first kappa shape index (κ1) is 31.5. The van der Waals surface area contributed by atoms with Gasteiger partial charge in [-0.2, -0.15) is 5.10 Å². The number of hydrogen-bond acceptors (Lipinski definition) is 5. The number of aryl methyl sites for hydroxylation is 4. The van der Waals surface area contributed by atoms with Crippen LogP contribution in [0.15, 0.2) is 35.9 Å². The number of ether oxygens (including phenoxy) is 1. The van der Waals surface area contributed by atoms with Gasteiger partial charge in [0, 0.05) is 61.4 Å². The molecule has 5 rings (SSSR count). The molecule has 1 aliphatic carbocycles. The minimum Gasteiger partial charge on any atom is -0.494 e. The van der Waals surface area contributed by atoms with Crippen molar-refractivity contribution in [1.29, 1.82) is 0 Å². The number of Topliss-reactive ketones (excluding diaryl/α,β-unsaturated/α-hetero) is 1. The van der Waals surface area contributed by atoms with Crippen LogP contribution in [0.1, 0.15) is 66.2 Å². The number of ketones is 1. The van der Waals surface area contributed by atoms with Crippen molar-refractivity contribution in [3.63, 3.8) is 0 Å². The molecule has 1 N–H and O–H groups in total. The fourth-order valence-electron chi connectivity index (χ4n) is 6.56. The molecule has 2 heterocycles. The molecule has 0 spiro atoms. The molecule has 1 aliphatic heterocycles. The highest BCUT2D eigenvalue weighted by atomic mass is 35.5. The van der Waals surface area contributed by atoms with E-state index in [1.54, 1.807) is 4.90 Å². The second kappa shape index (κ2) is 13.0. The molecular weight excluding hydrogens is 576 g/mol. The Morgan fingerprint density at radius 3 is 2.32 bits per heavy atom. The topological polar surface area (TPSA) is 93.5 Å². The van der Waals surface area contributed by atoms with Gasteiger partial charge < -0.3 is 15.0 Å². The number of carbonyl (C=O) groups excluding carboxylic acids is 3. The number of nitrogens with zero attached hydrogens (tertiary/aromatic N) is 3. The standard InChI is InChI=1S/C35H41ClN4O4/c1-20-17-26(18-21(2)33(20)36)44-16-8-11-28-27-9-7-10-29(32-22(3)38-39(6)23(32)4)30(27)19-31(28)34(42)37-25-12-14-40(15-13-25)35(43)24(5)41/h7,9-10,17-18,25H,8,11-16,19H2,1-6H3,(H,37,42). The van der Waals surface area contributed by atoms with E-state index in [2.05, 4.69) is 35.5 Å². The number of carbonyl (C=O) groups is 3. The molecule has 8 nitrogen and oxygen atoms in total. The van der Waals surface area contributed by atoms with Gasteiger partial charge in [-0.1, -0.05) is 29.8 Å². The second-order valence-electron chi connectivity index (χ2n) is 12.1. The average Bonchev–Trinajstić information content (AvgIpc) is 3.49. The molecule has 2 aliphatic rings. The zero-order chi connectivity index (χ0) is 31.7. The van der Waals surface area contributed by atoms with Crippen LogP contribution in [0.4, 0.5) is 0 Å². The van der Waals surface area contributed by atoms with Crippen LogP contribution in [0.25, 0.3) is 16.7 Å². The molecule has 3 aromatic rings. The summed E-state index contributed by atoms with van der Waals surface area (Å²) in [5.41, 5.74) is 10.3. The first-order chi connectivity index (χ1) is 21.0. The maximum absolute atomic E-state index is 13.9. The van der Waals surface area contributed by atoms with E-state index in [4.69, 9.17) is 16.3 Å². The van der Waals surface area contributed by atoms with Crippen molar-refractivity contribution in [2.45, 2.75) is 72.8 Å². The molecule has 0 bridgehead atoms. The molecule has 0 saturated carbocycles. The van der Waals surface area contributed by atoms with Crippen LogP contribution >= 0.6 is 11.6 Å². The van der Waals surface area contributed by atoms with Crippen molar-refractivity contribution in [3.05, 3.63) is 74.6 Å². The van der Waals surface area contributed by atoms with Gasteiger partial charge in [-0.15, -0.1) is 0 Å². The average molecular weight is 617 g/mol. The number of fused-ring (bicyclic) bond motifs is 1. The number of halogens is 1. The molecule has 0 radical (unpaired) electrons. The molecule has 0 unspecified atom stereocenters. The monoisotopic (exact) mass is 616 g/mol. The Morgan fingerprint density at radius 2 is 1.70 bits per heavy atom. The number of piperidine rings is 1. The SMILES string of the molecule is CC(=O)C(=O)N1CCC(NC(=O)C2=C(CCCOc3cc(C)c(Cl)c(C)c3)c3cccc(-c4c(C)nn(C)c4C)c3C2)CC1. The first-order valence-corrected chi connectivity index (χ1v) is 15.7. The maximum Gasteiger partial charge on any atom is 0.289 e. The summed E-state index contributed by atoms with van der Waals surface area (Å²) in [6.07, 6.45) is 3.22. The summed E-state index contributed by atoms with van der Waals surface area (Å²) >= 11 is 6.34. The van der Waals surface area contributed by atoms with Crippen LogP contribution < -0.4 is 10.1 Å². The lowest BCUT2D eigenvalue weighted by Crippen LogP contribution is -2.48. The predicted octanol–water partition coefficient (Wildman–Crippen LogP) is 5.84. The third kappa shape index (κ3) is 6.32. The van der Waals surface area contributed by atoms with E-state index >= 15 is 0 Å². The quantitative estimate of drug-likeness (QED) is 0.241. The Hall–Kier alpha value is -3.91. The minimum atomic E-state index is -0.453. The van der Waals surface area contributed by atoms with Gasteiger partial charge in [0.1, 0.15) is 5.75 Å². The van der Waals surface area contributed by atoms with Crippen molar-refractivity contribution in [3.8, 4) is 16.9 Å². The van der Waals surface area contributed by atoms with Gasteiger partial charge in [-0.05, 0) is 98.9 Å². The number of nitrogens with one attached hydrogen (secondary N) is 1. The van der Waals surface area contributed by atoms with Gasteiger partial charge in [0.15, 0.2) is 0 Å². The number of rotatable bonds is 9. The molecule has 44 heavy (non-hydrogen) atoms. The van der Waals surface area contributed by atoms with E-state index in [1.165, 1.54) is 6.92 Å². The first-order valence-electron chi connectivity index (χ1n) is 15.3. The van der Waals surface area contributed by atoms with E-state index in [-0.39, 0.29) is 11.9 Å². The molecule has 2 aromatic carbocycles. The lowest BCUT2D eigenvalue weighted by atomic mass is 9.93. The van der Waals surface area contributed by atoms with Crippen molar-refractivity contribution in [2.24, 2.45) is 7.05 Å². The van der Waals surface area contributed by atoms with Crippen molar-refractivity contribution >= 4 is 34.8 Å². The summed E-state index contributed by atoms with van der Waals surface area (Å²) in [5, 5.41) is 8.66. The van der Waals surface area contributed by atoms with E-state index in [0.717, 1.165) is 73.1 Å². The van der Waals surface area contributed by atoms with Gasteiger partial charge in [0.05, 0.1) is 12.3 Å². The summed E-state index contributed by atoms with van der Waals surface area (Å²) in [6, 6.07) is 10.2. The Kier molecular flexibility index (Phi) is 9.30. The molecule has 1 fully saturated rings. The zero-order valence-corrected chi connectivity index (χ0v) is 27.2. The Balaban J connectivity index is 1.37. The molecule has 9 heteroatoms. The molecule has 1 saturated heterocycles. The normalized spacial score (nSPS) is 15.0. The molecule has 2 amide bonds. The number of amides is 2. The van der Waals surface area contributed by atoms with Crippen molar-refractivity contribution < 1.29 is 19.1 Å². The lowest BCUT2D eigenvalue weighted by molar-refractivity contribution is -0.144. The number of benzene rings is 2. The van der Waals surface area contributed by atoms with E-state index in [1.807, 2.05) is 44.6 Å². The minimum absolute atomic E-state index is 0.0574. The number of allylic oxidation sites excluding steroid dienone is 1. The predicted molar refractivity (Wildman–Crippen MR) is 173 cm³/mol. The zero-order valence-electron chi connectivity index (χ0n) is 26.5. The highest BCUT2D eigenvalue weighted by Gasteiger charge is 2.32. The van der Waals surface area contributed by atoms with Crippen molar-refractivity contribution in [2.75, 3.05) is 19.7 Å². The lowest BCUT2D eigenvalue weighted by Gasteiger charge is -2.32. The van der Waals surface area contributed by atoms with Crippen LogP contribution in [0, 0.1) is 27.7 Å². The van der Waals surface area contributed by atoms with Crippen LogP contribution in [0.5, 0.6) is 5.75 Å². The highest BCUT2D eigenvalue weighted by Crippen LogP contribution is 2.42.